The van der Waals surface area contributed by atoms with Crippen molar-refractivity contribution in [3.05, 3.63) is 101 Å². The van der Waals surface area contributed by atoms with Crippen LogP contribution in [0.4, 0.5) is 0 Å². The first kappa shape index (κ1) is 22.6. The summed E-state index contributed by atoms with van der Waals surface area (Å²) in [6, 6.07) is 25.4. The van der Waals surface area contributed by atoms with Gasteiger partial charge in [-0.15, -0.1) is 0 Å². The Balaban J connectivity index is 1.27. The maximum atomic E-state index is 13.5. The molecule has 1 fully saturated rings. The molecule has 4 aromatic rings. The molecule has 0 saturated carbocycles. The van der Waals surface area contributed by atoms with Gasteiger partial charge in [-0.1, -0.05) is 54.1 Å². The van der Waals surface area contributed by atoms with Crippen molar-refractivity contribution in [3.8, 4) is 28.8 Å². The maximum absolute atomic E-state index is 13.5. The van der Waals surface area contributed by atoms with Gasteiger partial charge < -0.3 is 9.32 Å². The number of aromatic nitrogens is 1. The number of carbonyl (C=O) groups is 1. The highest BCUT2D eigenvalue weighted by Gasteiger charge is 2.25. The topological polar surface area (TPSA) is 73.4 Å². The van der Waals surface area contributed by atoms with Gasteiger partial charge in [0.05, 0.1) is 23.4 Å². The van der Waals surface area contributed by atoms with Crippen molar-refractivity contribution in [1.82, 2.24) is 14.8 Å². The van der Waals surface area contributed by atoms with Gasteiger partial charge in [0.1, 0.15) is 0 Å². The highest BCUT2D eigenvalue weighted by atomic mass is 16.4. The molecule has 1 aliphatic rings. The van der Waals surface area contributed by atoms with E-state index in [1.165, 1.54) is 11.1 Å². The minimum atomic E-state index is -0.00583. The molecule has 0 aliphatic carbocycles. The summed E-state index contributed by atoms with van der Waals surface area (Å²) >= 11 is 0. The summed E-state index contributed by atoms with van der Waals surface area (Å²) in [5.74, 6) is 1.12. The standard InChI is InChI=1S/C29H26N4O2/c1-21-6-12-24(13-7-21)27-19-31-28(35-27)25-4-2-3-5-26(25)29(34)33-16-14-32(15-17-33)20-23-10-8-22(18-30)9-11-23/h2-13,19H,14-17,20H2,1H3. The number of nitrogens with zero attached hydrogens (tertiary/aromatic N) is 4. The predicted octanol–water partition coefficient (Wildman–Crippen LogP) is 5.15. The van der Waals surface area contributed by atoms with Crippen LogP contribution in [0, 0.1) is 18.3 Å². The zero-order valence-electron chi connectivity index (χ0n) is 19.6. The van der Waals surface area contributed by atoms with Crippen molar-refractivity contribution in [3.63, 3.8) is 0 Å². The second-order valence-corrected chi connectivity index (χ2v) is 8.82. The Kier molecular flexibility index (Phi) is 6.42. The summed E-state index contributed by atoms with van der Waals surface area (Å²) in [7, 11) is 0. The van der Waals surface area contributed by atoms with Crippen LogP contribution >= 0.6 is 0 Å². The number of benzene rings is 3. The molecule has 0 unspecified atom stereocenters. The van der Waals surface area contributed by atoms with Crippen LogP contribution in [0.5, 0.6) is 0 Å². The van der Waals surface area contributed by atoms with Gasteiger partial charge in [-0.05, 0) is 36.8 Å². The lowest BCUT2D eigenvalue weighted by Crippen LogP contribution is -2.48. The van der Waals surface area contributed by atoms with Crippen molar-refractivity contribution >= 4 is 5.91 Å². The Hall–Kier alpha value is -4.21. The van der Waals surface area contributed by atoms with E-state index in [0.29, 0.717) is 41.4 Å². The molecule has 0 spiro atoms. The number of hydrogen-bond acceptors (Lipinski definition) is 5. The van der Waals surface area contributed by atoms with Crippen molar-refractivity contribution < 1.29 is 9.21 Å². The Morgan fingerprint density at radius 3 is 2.40 bits per heavy atom. The number of carbonyl (C=O) groups excluding carboxylic acids is 1. The smallest absolute Gasteiger partial charge is 0.254 e. The molecule has 6 heteroatoms. The van der Waals surface area contributed by atoms with Gasteiger partial charge in [-0.3, -0.25) is 9.69 Å². The molecular formula is C29H26N4O2. The molecule has 1 aliphatic heterocycles. The fourth-order valence-corrected chi connectivity index (χ4v) is 4.33. The van der Waals surface area contributed by atoms with Crippen molar-refractivity contribution in [2.45, 2.75) is 13.5 Å². The van der Waals surface area contributed by atoms with Crippen LogP contribution in [0.3, 0.4) is 0 Å². The summed E-state index contributed by atoms with van der Waals surface area (Å²) in [4.78, 5) is 22.2. The summed E-state index contributed by atoms with van der Waals surface area (Å²) < 4.78 is 6.06. The van der Waals surface area contributed by atoms with E-state index in [0.717, 1.165) is 25.2 Å². The first-order valence-corrected chi connectivity index (χ1v) is 11.7. The highest BCUT2D eigenvalue weighted by molar-refractivity contribution is 6.00. The zero-order valence-corrected chi connectivity index (χ0v) is 19.6. The summed E-state index contributed by atoms with van der Waals surface area (Å²) in [6.07, 6.45) is 1.71. The van der Waals surface area contributed by atoms with Crippen LogP contribution in [0.1, 0.15) is 27.0 Å². The fraction of sp³-hybridized carbons (Fsp3) is 0.207. The molecule has 35 heavy (non-hydrogen) atoms. The van der Waals surface area contributed by atoms with Crippen LogP contribution in [-0.2, 0) is 6.54 Å². The number of nitriles is 1. The maximum Gasteiger partial charge on any atom is 0.254 e. The van der Waals surface area contributed by atoms with Gasteiger partial charge in [0, 0.05) is 43.9 Å². The van der Waals surface area contributed by atoms with Gasteiger partial charge in [0.15, 0.2) is 5.76 Å². The number of rotatable bonds is 5. The number of amides is 1. The minimum absolute atomic E-state index is 0.00583. The Labute approximate surface area is 205 Å². The SMILES string of the molecule is Cc1ccc(-c2cnc(-c3ccccc3C(=O)N3CCN(Cc4ccc(C#N)cc4)CC3)o2)cc1. The Morgan fingerprint density at radius 2 is 1.69 bits per heavy atom. The Morgan fingerprint density at radius 1 is 0.971 bits per heavy atom. The molecule has 0 atom stereocenters. The van der Waals surface area contributed by atoms with Crippen molar-refractivity contribution in [2.75, 3.05) is 26.2 Å². The molecule has 6 nitrogen and oxygen atoms in total. The van der Waals surface area contributed by atoms with E-state index in [4.69, 9.17) is 9.68 Å². The monoisotopic (exact) mass is 462 g/mol. The second kappa shape index (κ2) is 9.96. The first-order valence-electron chi connectivity index (χ1n) is 11.7. The molecule has 2 heterocycles. The van der Waals surface area contributed by atoms with Crippen molar-refractivity contribution in [1.29, 1.82) is 5.26 Å². The van der Waals surface area contributed by atoms with Gasteiger partial charge >= 0.3 is 0 Å². The molecule has 174 valence electrons. The number of piperazine rings is 1. The summed E-state index contributed by atoms with van der Waals surface area (Å²) in [5, 5.41) is 8.97. The van der Waals surface area contributed by atoms with Crippen molar-refractivity contribution in [2.24, 2.45) is 0 Å². The number of oxazole rings is 1. The van der Waals surface area contributed by atoms with Gasteiger partial charge in [0.2, 0.25) is 5.89 Å². The quantitative estimate of drug-likeness (QED) is 0.410. The van der Waals surface area contributed by atoms with Gasteiger partial charge in [-0.25, -0.2) is 4.98 Å². The van der Waals surface area contributed by atoms with E-state index in [2.05, 4.69) is 16.0 Å². The van der Waals surface area contributed by atoms with E-state index >= 15 is 0 Å². The molecule has 1 aromatic heterocycles. The normalized spacial score (nSPS) is 14.0. The van der Waals surface area contributed by atoms with E-state index < -0.39 is 0 Å². The lowest BCUT2D eigenvalue weighted by molar-refractivity contribution is 0.0629. The lowest BCUT2D eigenvalue weighted by atomic mass is 10.1. The van der Waals surface area contributed by atoms with E-state index in [-0.39, 0.29) is 5.91 Å². The van der Waals surface area contributed by atoms with Gasteiger partial charge in [0.25, 0.3) is 5.91 Å². The average molecular weight is 463 g/mol. The fourth-order valence-electron chi connectivity index (χ4n) is 4.33. The van der Waals surface area contributed by atoms with Gasteiger partial charge in [-0.2, -0.15) is 5.26 Å². The molecule has 5 rings (SSSR count). The van der Waals surface area contributed by atoms with Crippen LogP contribution in [0.15, 0.2) is 83.4 Å². The first-order chi connectivity index (χ1) is 17.1. The van der Waals surface area contributed by atoms with Crippen LogP contribution in [0.2, 0.25) is 0 Å². The minimum Gasteiger partial charge on any atom is -0.436 e. The van der Waals surface area contributed by atoms with E-state index in [1.54, 1.807) is 6.20 Å². The average Bonchev–Trinajstić information content (AvgIpc) is 3.40. The molecule has 0 bridgehead atoms. The Bertz CT molecular complexity index is 1360. The third-order valence-electron chi connectivity index (χ3n) is 6.38. The summed E-state index contributed by atoms with van der Waals surface area (Å²) in [6.45, 7) is 5.76. The second-order valence-electron chi connectivity index (χ2n) is 8.82. The van der Waals surface area contributed by atoms with Crippen LogP contribution in [-0.4, -0.2) is 46.9 Å². The number of aryl methyl sites for hydroxylation is 1. The lowest BCUT2D eigenvalue weighted by Gasteiger charge is -2.35. The number of hydrogen-bond donors (Lipinski definition) is 0. The highest BCUT2D eigenvalue weighted by Crippen LogP contribution is 2.29. The molecule has 1 saturated heterocycles. The third kappa shape index (κ3) is 5.01. The van der Waals surface area contributed by atoms with Crippen LogP contribution in [0.25, 0.3) is 22.8 Å². The predicted molar refractivity (Wildman–Crippen MR) is 134 cm³/mol. The van der Waals surface area contributed by atoms with Crippen LogP contribution < -0.4 is 0 Å². The van der Waals surface area contributed by atoms with E-state index in [9.17, 15) is 4.79 Å². The molecule has 3 aromatic carbocycles. The summed E-state index contributed by atoms with van der Waals surface area (Å²) in [5.41, 5.74) is 5.28. The largest absolute Gasteiger partial charge is 0.436 e. The molecule has 0 radical (unpaired) electrons. The molecule has 1 amide bonds. The third-order valence-corrected chi connectivity index (χ3v) is 6.38. The molecule has 0 N–H and O–H groups in total. The molecular weight excluding hydrogens is 436 g/mol. The van der Waals surface area contributed by atoms with E-state index in [1.807, 2.05) is 84.6 Å². The zero-order chi connectivity index (χ0) is 24.2.